The summed E-state index contributed by atoms with van der Waals surface area (Å²) in [5, 5.41) is 11.9. The van der Waals surface area contributed by atoms with Crippen LogP contribution in [-0.2, 0) is 5.75 Å². The number of anilines is 1. The van der Waals surface area contributed by atoms with E-state index in [1.165, 1.54) is 30.0 Å². The summed E-state index contributed by atoms with van der Waals surface area (Å²) in [4.78, 5) is 21.4. The van der Waals surface area contributed by atoms with E-state index in [0.717, 1.165) is 5.56 Å². The molecule has 7 nitrogen and oxygen atoms in total. The number of nitrogens with zero attached hydrogens (tertiary/aromatic N) is 5. The highest BCUT2D eigenvalue weighted by Gasteiger charge is 2.22. The summed E-state index contributed by atoms with van der Waals surface area (Å²) < 4.78 is 15.0. The van der Waals surface area contributed by atoms with Gasteiger partial charge in [-0.1, -0.05) is 46.2 Å². The molecular weight excluding hydrogens is 474 g/mol. The monoisotopic (exact) mass is 488 g/mol. The first-order valence-electron chi connectivity index (χ1n) is 9.29. The molecule has 1 amide bonds. The van der Waals surface area contributed by atoms with E-state index in [0.29, 0.717) is 33.0 Å². The van der Waals surface area contributed by atoms with Gasteiger partial charge in [0, 0.05) is 28.9 Å². The molecule has 11 heteroatoms. The van der Waals surface area contributed by atoms with E-state index in [-0.39, 0.29) is 10.7 Å². The van der Waals surface area contributed by atoms with Gasteiger partial charge in [0.1, 0.15) is 5.82 Å². The van der Waals surface area contributed by atoms with Crippen LogP contribution in [0.1, 0.15) is 21.7 Å². The number of carbonyl (C=O) groups excluding carboxylic acids is 1. The van der Waals surface area contributed by atoms with Crippen molar-refractivity contribution < 1.29 is 9.18 Å². The number of halogens is 3. The van der Waals surface area contributed by atoms with E-state index >= 15 is 0 Å². The molecule has 0 aliphatic heterocycles. The molecule has 0 aliphatic rings. The number of aryl methyl sites for hydroxylation is 1. The van der Waals surface area contributed by atoms with Crippen LogP contribution in [0.15, 0.2) is 60.0 Å². The van der Waals surface area contributed by atoms with Crippen molar-refractivity contribution in [3.05, 3.63) is 87.7 Å². The zero-order chi connectivity index (χ0) is 22.7. The van der Waals surface area contributed by atoms with Gasteiger partial charge in [-0.05, 0) is 48.9 Å². The molecule has 0 radical (unpaired) electrons. The molecule has 1 N–H and O–H groups in total. The van der Waals surface area contributed by atoms with Crippen LogP contribution in [0.5, 0.6) is 0 Å². The van der Waals surface area contributed by atoms with E-state index in [4.69, 9.17) is 23.2 Å². The van der Waals surface area contributed by atoms with Crippen LogP contribution in [-0.4, -0.2) is 30.9 Å². The minimum Gasteiger partial charge on any atom is -0.320 e. The molecule has 0 unspecified atom stereocenters. The number of benzene rings is 2. The molecule has 32 heavy (non-hydrogen) atoms. The first-order valence-corrected chi connectivity index (χ1v) is 11.0. The number of hydrogen-bond acceptors (Lipinski definition) is 6. The van der Waals surface area contributed by atoms with Crippen LogP contribution in [0.25, 0.3) is 5.69 Å². The summed E-state index contributed by atoms with van der Waals surface area (Å²) in [5.74, 6) is -0.774. The molecular formula is C21H15Cl2FN6OS. The topological polar surface area (TPSA) is 85.6 Å². The third kappa shape index (κ3) is 4.90. The summed E-state index contributed by atoms with van der Waals surface area (Å²) in [5.41, 5.74) is 2.52. The predicted molar refractivity (Wildman–Crippen MR) is 122 cm³/mol. The molecule has 4 rings (SSSR count). The molecule has 0 aliphatic carbocycles. The largest absolute Gasteiger partial charge is 0.320 e. The summed E-state index contributed by atoms with van der Waals surface area (Å²) >= 11 is 13.4. The lowest BCUT2D eigenvalue weighted by atomic mass is 10.2. The molecule has 0 saturated carbocycles. The molecule has 4 aromatic rings. The predicted octanol–water partition coefficient (Wildman–Crippen LogP) is 5.36. The summed E-state index contributed by atoms with van der Waals surface area (Å²) in [7, 11) is 0. The van der Waals surface area contributed by atoms with Crippen molar-refractivity contribution in [2.24, 2.45) is 0 Å². The van der Waals surface area contributed by atoms with Crippen LogP contribution < -0.4 is 5.32 Å². The number of amides is 1. The Bertz CT molecular complexity index is 1280. The highest BCUT2D eigenvalue weighted by Crippen LogP contribution is 2.26. The Morgan fingerprint density at radius 1 is 1.12 bits per heavy atom. The Morgan fingerprint density at radius 2 is 1.91 bits per heavy atom. The average molecular weight is 489 g/mol. The fraction of sp³-hybridized carbons (Fsp3) is 0.0952. The number of hydrogen-bond donors (Lipinski definition) is 1. The standard InChI is InChI=1S/C21H15Cl2FN6OS/c1-12-3-5-14(10-15(12)22)30-18(11-32-21-25-7-2-8-26-21)19(28-29-30)20(31)27-13-4-6-17(24)16(23)9-13/h2-10H,11H2,1H3,(H,27,31). The molecule has 2 heterocycles. The van der Waals surface area contributed by atoms with E-state index in [1.54, 1.807) is 29.2 Å². The van der Waals surface area contributed by atoms with Gasteiger partial charge in [0.25, 0.3) is 5.91 Å². The Labute approximate surface area is 197 Å². The van der Waals surface area contributed by atoms with Crippen molar-refractivity contribution in [2.45, 2.75) is 17.8 Å². The minimum atomic E-state index is -0.577. The first kappa shape index (κ1) is 22.2. The maximum Gasteiger partial charge on any atom is 0.278 e. The van der Waals surface area contributed by atoms with Gasteiger partial charge in [-0.15, -0.1) is 5.10 Å². The van der Waals surface area contributed by atoms with Gasteiger partial charge in [-0.25, -0.2) is 19.0 Å². The van der Waals surface area contributed by atoms with Crippen LogP contribution in [0.2, 0.25) is 10.0 Å². The molecule has 2 aromatic heterocycles. The molecule has 0 saturated heterocycles. The highest BCUT2D eigenvalue weighted by molar-refractivity contribution is 7.98. The normalized spacial score (nSPS) is 10.9. The van der Waals surface area contributed by atoms with Gasteiger partial charge < -0.3 is 5.32 Å². The lowest BCUT2D eigenvalue weighted by Crippen LogP contribution is -2.15. The van der Waals surface area contributed by atoms with E-state index in [9.17, 15) is 9.18 Å². The number of aromatic nitrogens is 5. The number of rotatable bonds is 6. The molecule has 0 bridgehead atoms. The zero-order valence-corrected chi connectivity index (χ0v) is 18.9. The highest BCUT2D eigenvalue weighted by atomic mass is 35.5. The molecule has 2 aromatic carbocycles. The lowest BCUT2D eigenvalue weighted by Gasteiger charge is -2.10. The summed E-state index contributed by atoms with van der Waals surface area (Å²) in [6.07, 6.45) is 3.27. The fourth-order valence-electron chi connectivity index (χ4n) is 2.79. The first-order chi connectivity index (χ1) is 15.4. The van der Waals surface area contributed by atoms with E-state index < -0.39 is 11.7 Å². The minimum absolute atomic E-state index is 0.0993. The molecule has 0 spiro atoms. The number of thioether (sulfide) groups is 1. The van der Waals surface area contributed by atoms with Crippen molar-refractivity contribution in [3.63, 3.8) is 0 Å². The Morgan fingerprint density at radius 3 is 2.62 bits per heavy atom. The fourth-order valence-corrected chi connectivity index (χ4v) is 3.94. The van der Waals surface area contributed by atoms with Crippen molar-refractivity contribution in [3.8, 4) is 5.69 Å². The maximum absolute atomic E-state index is 13.4. The van der Waals surface area contributed by atoms with Crippen LogP contribution in [0.3, 0.4) is 0 Å². The number of carbonyl (C=O) groups is 1. The van der Waals surface area contributed by atoms with Gasteiger partial charge in [-0.2, -0.15) is 0 Å². The third-order valence-corrected chi connectivity index (χ3v) is 6.02. The van der Waals surface area contributed by atoms with Gasteiger partial charge in [0.2, 0.25) is 0 Å². The molecule has 0 atom stereocenters. The van der Waals surface area contributed by atoms with Gasteiger partial charge >= 0.3 is 0 Å². The van der Waals surface area contributed by atoms with Crippen molar-refractivity contribution in [1.29, 1.82) is 0 Å². The maximum atomic E-state index is 13.4. The third-order valence-electron chi connectivity index (χ3n) is 4.44. The van der Waals surface area contributed by atoms with Crippen molar-refractivity contribution >= 4 is 46.6 Å². The second kappa shape index (κ2) is 9.64. The quantitative estimate of drug-likeness (QED) is 0.290. The average Bonchev–Trinajstić information content (AvgIpc) is 3.21. The van der Waals surface area contributed by atoms with Gasteiger partial charge in [0.15, 0.2) is 10.9 Å². The summed E-state index contributed by atoms with van der Waals surface area (Å²) in [6, 6.07) is 11.1. The smallest absolute Gasteiger partial charge is 0.278 e. The van der Waals surface area contributed by atoms with Crippen LogP contribution in [0, 0.1) is 12.7 Å². The van der Waals surface area contributed by atoms with E-state index in [1.807, 2.05) is 19.1 Å². The van der Waals surface area contributed by atoms with Crippen LogP contribution in [0.4, 0.5) is 10.1 Å². The molecule has 0 fully saturated rings. The Hall–Kier alpha value is -3.01. The van der Waals surface area contributed by atoms with Gasteiger partial charge in [0.05, 0.1) is 16.4 Å². The summed E-state index contributed by atoms with van der Waals surface area (Å²) in [6.45, 7) is 1.89. The van der Waals surface area contributed by atoms with Crippen molar-refractivity contribution in [2.75, 3.05) is 5.32 Å². The second-order valence-corrected chi connectivity index (χ2v) is 8.39. The Kier molecular flexibility index (Phi) is 6.69. The lowest BCUT2D eigenvalue weighted by molar-refractivity contribution is 0.102. The van der Waals surface area contributed by atoms with Gasteiger partial charge in [-0.3, -0.25) is 4.79 Å². The second-order valence-electron chi connectivity index (χ2n) is 6.63. The Balaban J connectivity index is 1.68. The van der Waals surface area contributed by atoms with Crippen molar-refractivity contribution in [1.82, 2.24) is 25.0 Å². The zero-order valence-electron chi connectivity index (χ0n) is 16.6. The number of nitrogens with one attached hydrogen (secondary N) is 1. The SMILES string of the molecule is Cc1ccc(-n2nnc(C(=O)Nc3ccc(F)c(Cl)c3)c2CSc2ncccn2)cc1Cl. The van der Waals surface area contributed by atoms with Crippen LogP contribution >= 0.6 is 35.0 Å². The van der Waals surface area contributed by atoms with E-state index in [2.05, 4.69) is 25.6 Å². The molecule has 162 valence electrons.